The highest BCUT2D eigenvalue weighted by molar-refractivity contribution is 7.68. The van der Waals surface area contributed by atoms with Crippen LogP contribution in [0.1, 0.15) is 0 Å². The Morgan fingerprint density at radius 1 is 0.238 bits per heavy atom. The summed E-state index contributed by atoms with van der Waals surface area (Å²) >= 11 is 0. The minimum Gasteiger partial charge on any atom is -0.343 e. The van der Waals surface area contributed by atoms with E-state index in [9.17, 15) is 0 Å². The van der Waals surface area contributed by atoms with Crippen LogP contribution in [0.25, 0.3) is 147 Å². The molecule has 21 rings (SSSR count). The number of para-hydroxylation sites is 6. The zero-order valence-corrected chi connectivity index (χ0v) is 60.1. The van der Waals surface area contributed by atoms with Gasteiger partial charge >= 0.3 is 0 Å². The highest BCUT2D eigenvalue weighted by atomic mass is 31.1. The van der Waals surface area contributed by atoms with Gasteiger partial charge in [0, 0.05) is 96.9 Å². The van der Waals surface area contributed by atoms with E-state index >= 15 is 0 Å². The summed E-state index contributed by atoms with van der Waals surface area (Å²) in [5.41, 5.74) is 21.2. The smallest absolute Gasteiger partial charge is 0.180 e. The van der Waals surface area contributed by atoms with E-state index in [2.05, 4.69) is 394 Å². The largest absolute Gasteiger partial charge is 0.343 e. The second-order valence-corrected chi connectivity index (χ2v) is 38.2. The Hall–Kier alpha value is -11.6. The quantitative estimate of drug-likeness (QED) is 0.147. The molecular formula is C95H72N3PSi2. The van der Waals surface area contributed by atoms with Crippen LogP contribution < -0.4 is 31.1 Å². The Kier molecular flexibility index (Phi) is 14.3. The fourth-order valence-electron chi connectivity index (χ4n) is 17.9. The first-order valence-corrected chi connectivity index (χ1v) is 41.6. The predicted molar refractivity (Wildman–Crippen MR) is 441 cm³/mol. The molecule has 0 aliphatic carbocycles. The molecule has 15 aromatic carbocycles. The fourth-order valence-corrected chi connectivity index (χ4v) is 28.9. The molecule has 19 aromatic rings. The molecule has 101 heavy (non-hydrogen) atoms. The van der Waals surface area contributed by atoms with E-state index in [4.69, 9.17) is 0 Å². The minimum atomic E-state index is -2.51. The third-order valence-electron chi connectivity index (χ3n) is 22.4. The van der Waals surface area contributed by atoms with E-state index in [0.29, 0.717) is 0 Å². The summed E-state index contributed by atoms with van der Waals surface area (Å²) in [5, 5.41) is 24.0. The van der Waals surface area contributed by atoms with Crippen LogP contribution in [-0.4, -0.2) is 29.8 Å². The van der Waals surface area contributed by atoms with Gasteiger partial charge in [-0.3, -0.25) is 0 Å². The Morgan fingerprint density at radius 2 is 0.584 bits per heavy atom. The molecule has 1 unspecified atom stereocenters. The molecule has 6 heterocycles. The van der Waals surface area contributed by atoms with E-state index in [0.717, 1.165) is 0 Å². The maximum Gasteiger partial charge on any atom is 0.180 e. The normalized spacial score (nSPS) is 13.3. The SMILES string of the molecule is Cn1c2ccccc2c2cccc(-c3ccc4c(c3)[Si](C)(C)c3ccccc3-4)c21.Cn1c2ccccc2c2cccc(-c3ccc4c(c3)[Si](c3ccccc3)(c3ccccc3)c3ccccc3-4)c21.Cn1c2ccccc2c2cccc(-c3ccc4c5ccccc5p(-c5ccccc5)c4c3)c21. The number of hydrogen-bond donors (Lipinski definition) is 0. The van der Waals surface area contributed by atoms with Crippen molar-refractivity contribution in [1.82, 2.24) is 13.7 Å². The minimum absolute atomic E-state index is 0.556. The molecule has 0 saturated heterocycles. The Bertz CT molecular complexity index is 6490. The molecule has 0 fully saturated rings. The number of fused-ring (bicyclic) bond motifs is 18. The highest BCUT2D eigenvalue weighted by Crippen LogP contribution is 2.56. The molecule has 1 atom stereocenters. The first-order chi connectivity index (χ1) is 49.7. The fraction of sp³-hybridized carbons (Fsp3) is 0.0526. The number of nitrogens with zero attached hydrogens (tertiary/aromatic N) is 3. The molecule has 0 bridgehead atoms. The van der Waals surface area contributed by atoms with Gasteiger partial charge in [-0.1, -0.05) is 342 Å². The highest BCUT2D eigenvalue weighted by Gasteiger charge is 2.49. The van der Waals surface area contributed by atoms with Gasteiger partial charge in [-0.25, -0.2) is 0 Å². The van der Waals surface area contributed by atoms with Gasteiger partial charge in [0.1, 0.15) is 8.07 Å². The van der Waals surface area contributed by atoms with Crippen molar-refractivity contribution in [1.29, 1.82) is 0 Å². The van der Waals surface area contributed by atoms with Crippen molar-refractivity contribution in [2.45, 2.75) is 13.1 Å². The average molecular weight is 1340 g/mol. The number of aryl methyl sites for hydroxylation is 3. The number of rotatable bonds is 6. The summed E-state index contributed by atoms with van der Waals surface area (Å²) in [5.74, 6) is 0. The zero-order valence-electron chi connectivity index (χ0n) is 57.2. The third-order valence-corrected chi connectivity index (χ3v) is 33.4. The van der Waals surface area contributed by atoms with Crippen LogP contribution in [0, 0.1) is 0 Å². The monoisotopic (exact) mass is 1340 g/mol. The van der Waals surface area contributed by atoms with Crippen LogP contribution in [-0.2, 0) is 21.1 Å². The maximum atomic E-state index is 2.52. The van der Waals surface area contributed by atoms with Gasteiger partial charge in [-0.05, 0) is 110 Å². The lowest BCUT2D eigenvalue weighted by Gasteiger charge is -2.31. The van der Waals surface area contributed by atoms with Crippen molar-refractivity contribution in [2.24, 2.45) is 21.1 Å². The lowest BCUT2D eigenvalue weighted by molar-refractivity contribution is 1.02. The molecule has 0 amide bonds. The van der Waals surface area contributed by atoms with Crippen molar-refractivity contribution in [2.75, 3.05) is 0 Å². The standard InChI is InChI=1S/C37H27NSi.C31H22NP.C27H23NSi/c1-38-34-21-10-8-17-30(34)33-20-12-19-29(37(33)38)26-23-24-32-31-18-9-11-22-35(31)39(36(32)25-26,27-13-4-2-5-14-27)28-15-6-3-7-16-28;1-32-28-16-7-5-12-24(28)27-15-9-14-23(31(27)32)21-18-19-26-25-13-6-8-17-29(25)33(30(26)20-21)22-10-3-2-4-11-22;1-28-24-13-6-4-9-20(24)23-12-8-11-19(27(23)28)18-15-16-22-21-10-5-7-14-25(21)29(2,3)26(22)17-18/h2-25H,1H3;2-20H,1H3;4-17H,1-3H3. The Morgan fingerprint density at radius 3 is 1.10 bits per heavy atom. The van der Waals surface area contributed by atoms with Crippen molar-refractivity contribution < 1.29 is 0 Å². The summed E-state index contributed by atoms with van der Waals surface area (Å²) in [6.07, 6.45) is 0. The van der Waals surface area contributed by atoms with E-state index in [1.54, 1.807) is 10.4 Å². The molecule has 6 heteroatoms. The zero-order chi connectivity index (χ0) is 67.7. The van der Waals surface area contributed by atoms with Gasteiger partial charge in [0.05, 0.1) is 16.6 Å². The predicted octanol–water partition coefficient (Wildman–Crippen LogP) is 21.4. The Balaban J connectivity index is 0.000000106. The second-order valence-electron chi connectivity index (χ2n) is 28.0. The van der Waals surface area contributed by atoms with Crippen molar-refractivity contribution >= 4 is 141 Å². The van der Waals surface area contributed by atoms with Crippen LogP contribution in [0.4, 0.5) is 0 Å². The lowest BCUT2D eigenvalue weighted by atomic mass is 9.98. The number of benzene rings is 15. The lowest BCUT2D eigenvalue weighted by Crippen LogP contribution is -2.72. The van der Waals surface area contributed by atoms with Crippen LogP contribution in [0.3, 0.4) is 0 Å². The molecule has 0 saturated carbocycles. The first kappa shape index (κ1) is 60.6. The second kappa shape index (κ2) is 23.8. The number of hydrogen-bond acceptors (Lipinski definition) is 0. The van der Waals surface area contributed by atoms with Gasteiger partial charge in [0.15, 0.2) is 8.07 Å². The summed E-state index contributed by atoms with van der Waals surface area (Å²) in [6, 6.07) is 128. The van der Waals surface area contributed by atoms with Gasteiger partial charge in [-0.15, -0.1) is 0 Å². The number of aromatic nitrogens is 3. The van der Waals surface area contributed by atoms with E-state index in [1.807, 2.05) is 0 Å². The molecule has 480 valence electrons. The average Bonchev–Trinajstić information content (AvgIpc) is 1.55. The molecule has 0 radical (unpaired) electrons. The molecule has 2 aliphatic rings. The van der Waals surface area contributed by atoms with Crippen LogP contribution in [0.15, 0.2) is 346 Å². The summed E-state index contributed by atoms with van der Waals surface area (Å²) in [6.45, 7) is 4.97. The van der Waals surface area contributed by atoms with Gasteiger partial charge < -0.3 is 13.7 Å². The van der Waals surface area contributed by atoms with E-state index in [-0.39, 0.29) is 0 Å². The van der Waals surface area contributed by atoms with Crippen molar-refractivity contribution in [3.63, 3.8) is 0 Å². The van der Waals surface area contributed by atoms with Crippen LogP contribution in [0.5, 0.6) is 0 Å². The molecule has 0 N–H and O–H groups in total. The molecular weight excluding hydrogens is 1270 g/mol. The maximum absolute atomic E-state index is 2.52. The molecule has 3 nitrogen and oxygen atoms in total. The van der Waals surface area contributed by atoms with Gasteiger partial charge in [0.2, 0.25) is 0 Å². The van der Waals surface area contributed by atoms with Crippen molar-refractivity contribution in [3.05, 3.63) is 346 Å². The summed E-state index contributed by atoms with van der Waals surface area (Å²) < 4.78 is 7.06. The first-order valence-electron chi connectivity index (χ1n) is 35.2. The third kappa shape index (κ3) is 9.24. The summed E-state index contributed by atoms with van der Waals surface area (Å²) in [4.78, 5) is 0. The van der Waals surface area contributed by atoms with Gasteiger partial charge in [0.25, 0.3) is 0 Å². The molecule has 0 spiro atoms. The summed E-state index contributed by atoms with van der Waals surface area (Å²) in [7, 11) is 1.85. The van der Waals surface area contributed by atoms with E-state index in [1.165, 1.54) is 168 Å². The van der Waals surface area contributed by atoms with Crippen molar-refractivity contribution in [3.8, 4) is 60.9 Å². The topological polar surface area (TPSA) is 14.8 Å². The van der Waals surface area contributed by atoms with Gasteiger partial charge in [-0.2, -0.15) is 0 Å². The van der Waals surface area contributed by atoms with Crippen LogP contribution >= 0.6 is 7.53 Å². The van der Waals surface area contributed by atoms with Crippen LogP contribution in [0.2, 0.25) is 13.1 Å². The van der Waals surface area contributed by atoms with E-state index < -0.39 is 23.7 Å². The Labute approximate surface area is 591 Å². The molecule has 4 aromatic heterocycles. The molecule has 2 aliphatic heterocycles.